The Hall–Kier alpha value is -2.56. The number of amidine groups is 1. The van der Waals surface area contributed by atoms with Crippen LogP contribution in [0.15, 0.2) is 36.4 Å². The average Bonchev–Trinajstić information content (AvgIpc) is 2.47. The quantitative estimate of drug-likeness (QED) is 0.654. The smallest absolute Gasteiger partial charge is 0.169 e. The number of benzene rings is 2. The van der Waals surface area contributed by atoms with Crippen molar-refractivity contribution in [3.63, 3.8) is 0 Å². The zero-order chi connectivity index (χ0) is 15.4. The van der Waals surface area contributed by atoms with Crippen molar-refractivity contribution in [1.29, 1.82) is 5.41 Å². The summed E-state index contributed by atoms with van der Waals surface area (Å²) < 4.78 is 24.7. The van der Waals surface area contributed by atoms with Gasteiger partial charge in [0.2, 0.25) is 0 Å². The van der Waals surface area contributed by atoms with Gasteiger partial charge in [0.1, 0.15) is 17.4 Å². The Kier molecular flexibility index (Phi) is 4.42. The summed E-state index contributed by atoms with van der Waals surface area (Å²) in [6, 6.07) is 9.83. The number of rotatable bonds is 5. The Balaban J connectivity index is 2.43. The molecule has 110 valence electrons. The van der Waals surface area contributed by atoms with E-state index in [0.717, 1.165) is 12.0 Å². The molecule has 0 atom stereocenters. The standard InChI is InChI=1S/C16H17FN2O2/c1-3-10-7-8-12(14(9-10)20-2)21-13-6-4-5-11(17)15(13)16(18)19/h4-9H,3H2,1-2H3,(H3,18,19). The number of ether oxygens (including phenoxy) is 2. The zero-order valence-corrected chi connectivity index (χ0v) is 11.9. The second-order valence-corrected chi connectivity index (χ2v) is 4.47. The van der Waals surface area contributed by atoms with Crippen LogP contribution < -0.4 is 15.2 Å². The number of methoxy groups -OCH3 is 1. The molecule has 0 aromatic heterocycles. The molecule has 2 aromatic carbocycles. The molecule has 0 spiro atoms. The van der Waals surface area contributed by atoms with Crippen LogP contribution in [-0.2, 0) is 6.42 Å². The van der Waals surface area contributed by atoms with E-state index >= 15 is 0 Å². The van der Waals surface area contributed by atoms with Crippen LogP contribution in [0.4, 0.5) is 4.39 Å². The Bertz CT molecular complexity index is 671. The van der Waals surface area contributed by atoms with Crippen molar-refractivity contribution in [2.45, 2.75) is 13.3 Å². The minimum Gasteiger partial charge on any atom is -0.493 e. The van der Waals surface area contributed by atoms with Crippen LogP contribution in [0, 0.1) is 11.2 Å². The molecule has 3 N–H and O–H groups in total. The molecule has 21 heavy (non-hydrogen) atoms. The predicted molar refractivity (Wildman–Crippen MR) is 79.9 cm³/mol. The largest absolute Gasteiger partial charge is 0.493 e. The number of nitrogen functional groups attached to an aromatic ring is 1. The van der Waals surface area contributed by atoms with Gasteiger partial charge >= 0.3 is 0 Å². The van der Waals surface area contributed by atoms with Crippen LogP contribution >= 0.6 is 0 Å². The van der Waals surface area contributed by atoms with Gasteiger partial charge in [-0.3, -0.25) is 5.41 Å². The van der Waals surface area contributed by atoms with Gasteiger partial charge in [-0.1, -0.05) is 19.1 Å². The molecule has 0 aliphatic rings. The molecule has 0 saturated carbocycles. The van der Waals surface area contributed by atoms with E-state index in [-0.39, 0.29) is 17.1 Å². The summed E-state index contributed by atoms with van der Waals surface area (Å²) in [4.78, 5) is 0. The SMILES string of the molecule is CCc1ccc(Oc2cccc(F)c2C(=N)N)c(OC)c1. The third-order valence-corrected chi connectivity index (χ3v) is 3.10. The van der Waals surface area contributed by atoms with Crippen LogP contribution in [0.25, 0.3) is 0 Å². The maximum atomic E-state index is 13.8. The van der Waals surface area contributed by atoms with Crippen molar-refractivity contribution in [2.24, 2.45) is 5.73 Å². The normalized spacial score (nSPS) is 10.2. The summed E-state index contributed by atoms with van der Waals surface area (Å²) in [5.41, 5.74) is 6.46. The third kappa shape index (κ3) is 3.13. The molecule has 0 saturated heterocycles. The summed E-state index contributed by atoms with van der Waals surface area (Å²) >= 11 is 0. The highest BCUT2D eigenvalue weighted by Gasteiger charge is 2.15. The van der Waals surface area contributed by atoms with Gasteiger partial charge in [0.25, 0.3) is 0 Å². The fraction of sp³-hybridized carbons (Fsp3) is 0.188. The van der Waals surface area contributed by atoms with Gasteiger partial charge in [0.15, 0.2) is 11.5 Å². The van der Waals surface area contributed by atoms with Crippen LogP contribution in [0.2, 0.25) is 0 Å². The molecule has 0 aliphatic carbocycles. The number of hydrogen-bond donors (Lipinski definition) is 2. The molecule has 5 heteroatoms. The molecule has 0 heterocycles. The van der Waals surface area contributed by atoms with E-state index in [1.807, 2.05) is 19.1 Å². The first-order valence-electron chi connectivity index (χ1n) is 6.54. The predicted octanol–water partition coefficient (Wildman–Crippen LogP) is 3.47. The van der Waals surface area contributed by atoms with Crippen molar-refractivity contribution in [1.82, 2.24) is 0 Å². The highest BCUT2D eigenvalue weighted by molar-refractivity contribution is 5.98. The van der Waals surface area contributed by atoms with E-state index in [1.165, 1.54) is 12.1 Å². The Morgan fingerprint density at radius 3 is 2.57 bits per heavy atom. The summed E-state index contributed by atoms with van der Waals surface area (Å²) in [5.74, 6) is 0.206. The molecular weight excluding hydrogens is 271 g/mol. The molecule has 0 unspecified atom stereocenters. The fourth-order valence-electron chi connectivity index (χ4n) is 1.99. The third-order valence-electron chi connectivity index (χ3n) is 3.10. The number of halogens is 1. The van der Waals surface area contributed by atoms with Crippen molar-refractivity contribution in [3.8, 4) is 17.2 Å². The lowest BCUT2D eigenvalue weighted by Gasteiger charge is -2.14. The van der Waals surface area contributed by atoms with Gasteiger partial charge in [0.05, 0.1) is 12.7 Å². The van der Waals surface area contributed by atoms with Gasteiger partial charge in [-0.15, -0.1) is 0 Å². The number of nitrogens with one attached hydrogen (secondary N) is 1. The summed E-state index contributed by atoms with van der Waals surface area (Å²) in [5, 5.41) is 7.47. The van der Waals surface area contributed by atoms with Gasteiger partial charge in [0, 0.05) is 0 Å². The average molecular weight is 288 g/mol. The van der Waals surface area contributed by atoms with Gasteiger partial charge in [-0.05, 0) is 36.2 Å². The van der Waals surface area contributed by atoms with Gasteiger partial charge in [-0.25, -0.2) is 4.39 Å². The lowest BCUT2D eigenvalue weighted by molar-refractivity contribution is 0.377. The number of aryl methyl sites for hydroxylation is 1. The number of nitrogens with two attached hydrogens (primary N) is 1. The van der Waals surface area contributed by atoms with Crippen molar-refractivity contribution < 1.29 is 13.9 Å². The van der Waals surface area contributed by atoms with Crippen molar-refractivity contribution in [2.75, 3.05) is 7.11 Å². The van der Waals surface area contributed by atoms with Crippen LogP contribution in [0.5, 0.6) is 17.2 Å². The molecular formula is C16H17FN2O2. The summed E-state index contributed by atoms with van der Waals surface area (Å²) in [6.45, 7) is 2.04. The maximum absolute atomic E-state index is 13.8. The number of hydrogen-bond acceptors (Lipinski definition) is 3. The van der Waals surface area contributed by atoms with Gasteiger partial charge in [-0.2, -0.15) is 0 Å². The fourth-order valence-corrected chi connectivity index (χ4v) is 1.99. The van der Waals surface area contributed by atoms with Crippen LogP contribution in [-0.4, -0.2) is 12.9 Å². The molecule has 2 aromatic rings. The molecule has 2 rings (SSSR count). The van der Waals surface area contributed by atoms with E-state index in [1.54, 1.807) is 19.2 Å². The molecule has 0 fully saturated rings. The van der Waals surface area contributed by atoms with E-state index in [2.05, 4.69) is 0 Å². The first kappa shape index (κ1) is 14.8. The Labute approximate surface area is 122 Å². The van der Waals surface area contributed by atoms with Gasteiger partial charge < -0.3 is 15.2 Å². The first-order chi connectivity index (χ1) is 10.1. The minimum atomic E-state index is -0.593. The molecule has 0 bridgehead atoms. The van der Waals surface area contributed by atoms with E-state index < -0.39 is 5.82 Å². The molecule has 0 amide bonds. The van der Waals surface area contributed by atoms with E-state index in [0.29, 0.717) is 11.5 Å². The van der Waals surface area contributed by atoms with Crippen LogP contribution in [0.3, 0.4) is 0 Å². The van der Waals surface area contributed by atoms with Crippen LogP contribution in [0.1, 0.15) is 18.1 Å². The highest BCUT2D eigenvalue weighted by Crippen LogP contribution is 2.34. The second-order valence-electron chi connectivity index (χ2n) is 4.47. The zero-order valence-electron chi connectivity index (χ0n) is 11.9. The summed E-state index contributed by atoms with van der Waals surface area (Å²) in [6.07, 6.45) is 0.870. The lowest BCUT2D eigenvalue weighted by atomic mass is 10.1. The highest BCUT2D eigenvalue weighted by atomic mass is 19.1. The summed E-state index contributed by atoms with van der Waals surface area (Å²) in [7, 11) is 1.54. The first-order valence-corrected chi connectivity index (χ1v) is 6.54. The topological polar surface area (TPSA) is 68.3 Å². The van der Waals surface area contributed by atoms with Crippen molar-refractivity contribution in [3.05, 3.63) is 53.3 Å². The van der Waals surface area contributed by atoms with E-state index in [9.17, 15) is 4.39 Å². The van der Waals surface area contributed by atoms with E-state index in [4.69, 9.17) is 20.6 Å². The maximum Gasteiger partial charge on any atom is 0.169 e. The molecule has 0 radical (unpaired) electrons. The second kappa shape index (κ2) is 6.26. The minimum absolute atomic E-state index is 0.0564. The van der Waals surface area contributed by atoms with Crippen molar-refractivity contribution >= 4 is 5.84 Å². The lowest BCUT2D eigenvalue weighted by Crippen LogP contribution is -2.14. The Morgan fingerprint density at radius 1 is 1.19 bits per heavy atom. The molecule has 4 nitrogen and oxygen atoms in total. The monoisotopic (exact) mass is 288 g/mol. The molecule has 0 aliphatic heterocycles. The Morgan fingerprint density at radius 2 is 1.95 bits per heavy atom.